The van der Waals surface area contributed by atoms with Crippen LogP contribution in [0.15, 0.2) is 24.3 Å². The van der Waals surface area contributed by atoms with Crippen LogP contribution in [-0.4, -0.2) is 72.3 Å². The monoisotopic (exact) mass is 487 g/mol. The molecule has 1 aliphatic rings. The minimum Gasteiger partial charge on any atom is -0.465 e. The van der Waals surface area contributed by atoms with Gasteiger partial charge in [0.2, 0.25) is 17.6 Å². The third-order valence-electron chi connectivity index (χ3n) is 5.56. The van der Waals surface area contributed by atoms with E-state index >= 15 is 0 Å². The zero-order valence-electron chi connectivity index (χ0n) is 20.2. The molecule has 2 aromatic rings. The number of likely N-dealkylation sites (tertiary alicyclic amines) is 1. The van der Waals surface area contributed by atoms with E-state index in [1.54, 1.807) is 14.0 Å². The van der Waals surface area contributed by atoms with E-state index in [0.29, 0.717) is 13.2 Å². The lowest BCUT2D eigenvalue weighted by molar-refractivity contribution is -0.383. The topological polar surface area (TPSA) is 149 Å². The summed E-state index contributed by atoms with van der Waals surface area (Å²) in [6, 6.07) is 7.97. The highest BCUT2D eigenvalue weighted by Gasteiger charge is 2.29. The third-order valence-corrected chi connectivity index (χ3v) is 5.56. The van der Waals surface area contributed by atoms with Gasteiger partial charge in [-0.2, -0.15) is 9.97 Å². The summed E-state index contributed by atoms with van der Waals surface area (Å²) in [5.41, 5.74) is 7.51. The molecule has 1 aliphatic heterocycles. The molecule has 1 saturated heterocycles. The summed E-state index contributed by atoms with van der Waals surface area (Å²) in [7, 11) is 1.55. The number of esters is 1. The second-order valence-corrected chi connectivity index (χ2v) is 8.25. The molecular weight excluding hydrogens is 454 g/mol. The Morgan fingerprint density at radius 3 is 2.71 bits per heavy atom. The Labute approximate surface area is 204 Å². The minimum absolute atomic E-state index is 0.0552. The van der Waals surface area contributed by atoms with Crippen LogP contribution >= 0.6 is 0 Å². The van der Waals surface area contributed by atoms with E-state index in [2.05, 4.69) is 26.3 Å². The lowest BCUT2D eigenvalue weighted by Crippen LogP contribution is -2.32. The second kappa shape index (κ2) is 12.8. The lowest BCUT2D eigenvalue weighted by atomic mass is 10.1. The van der Waals surface area contributed by atoms with Crippen LogP contribution in [0.3, 0.4) is 0 Å². The number of nitro groups is 1. The number of nitrogens with zero attached hydrogens (tertiary/aromatic N) is 5. The number of rotatable bonds is 13. The molecule has 0 bridgehead atoms. The van der Waals surface area contributed by atoms with Crippen LogP contribution in [0.5, 0.6) is 0 Å². The molecular formula is C23H33N7O5. The SMILES string of the molecule is CCOC(=O)CN(Cc1cccc(CN2CCCC2)c1)c1nc(NCCOC)nc(N)c1[N+](=O)[O-]. The Balaban J connectivity index is 1.94. The molecule has 12 nitrogen and oxygen atoms in total. The average molecular weight is 488 g/mol. The van der Waals surface area contributed by atoms with E-state index in [9.17, 15) is 14.9 Å². The standard InChI is InChI=1S/C23H33N7O5/c1-3-35-19(31)16-29(15-18-8-6-7-17(13-18)14-28-10-4-5-11-28)22-20(30(32)33)21(24)26-23(27-22)25-9-12-34-2/h6-8,13H,3-5,9-12,14-16H2,1-2H3,(H3,24,25,26,27). The van der Waals surface area contributed by atoms with Gasteiger partial charge in [-0.25, -0.2) is 0 Å². The molecule has 190 valence electrons. The maximum atomic E-state index is 12.4. The van der Waals surface area contributed by atoms with Crippen LogP contribution in [-0.2, 0) is 27.4 Å². The Morgan fingerprint density at radius 2 is 2.03 bits per heavy atom. The molecule has 0 aliphatic carbocycles. The maximum Gasteiger partial charge on any atom is 0.353 e. The molecule has 35 heavy (non-hydrogen) atoms. The first-order chi connectivity index (χ1) is 16.9. The lowest BCUT2D eigenvalue weighted by Gasteiger charge is -2.24. The predicted molar refractivity (Wildman–Crippen MR) is 132 cm³/mol. The summed E-state index contributed by atoms with van der Waals surface area (Å²) < 4.78 is 10.1. The van der Waals surface area contributed by atoms with Crippen molar-refractivity contribution in [3.63, 3.8) is 0 Å². The zero-order valence-corrected chi connectivity index (χ0v) is 20.2. The number of carbonyl (C=O) groups excluding carboxylic acids is 1. The van der Waals surface area contributed by atoms with Crippen molar-refractivity contribution in [3.8, 4) is 0 Å². The molecule has 0 saturated carbocycles. The van der Waals surface area contributed by atoms with Gasteiger partial charge in [0, 0.05) is 26.7 Å². The van der Waals surface area contributed by atoms with Crippen molar-refractivity contribution in [3.05, 3.63) is 45.5 Å². The zero-order chi connectivity index (χ0) is 25.2. The molecule has 0 atom stereocenters. The number of hydrogen-bond acceptors (Lipinski definition) is 11. The van der Waals surface area contributed by atoms with Crippen LogP contribution in [0.1, 0.15) is 30.9 Å². The number of carbonyl (C=O) groups is 1. The summed E-state index contributed by atoms with van der Waals surface area (Å²) >= 11 is 0. The fraction of sp³-hybridized carbons (Fsp3) is 0.522. The highest BCUT2D eigenvalue weighted by Crippen LogP contribution is 2.33. The Morgan fingerprint density at radius 1 is 1.29 bits per heavy atom. The van der Waals surface area contributed by atoms with Gasteiger partial charge >= 0.3 is 11.7 Å². The maximum absolute atomic E-state index is 12.4. The van der Waals surface area contributed by atoms with Crippen LogP contribution in [0.4, 0.5) is 23.3 Å². The number of ether oxygens (including phenoxy) is 2. The van der Waals surface area contributed by atoms with Crippen LogP contribution in [0.2, 0.25) is 0 Å². The number of aromatic nitrogens is 2. The van der Waals surface area contributed by atoms with E-state index in [1.807, 2.05) is 18.2 Å². The van der Waals surface area contributed by atoms with E-state index in [1.165, 1.54) is 17.7 Å². The highest BCUT2D eigenvalue weighted by atomic mass is 16.6. The normalized spacial score (nSPS) is 13.5. The first kappa shape index (κ1) is 26.1. The number of benzene rings is 1. The molecule has 2 heterocycles. The number of methoxy groups -OCH3 is 1. The Bertz CT molecular complexity index is 1010. The van der Waals surface area contributed by atoms with Crippen molar-refractivity contribution < 1.29 is 19.2 Å². The minimum atomic E-state index is -0.633. The smallest absolute Gasteiger partial charge is 0.353 e. The molecule has 1 fully saturated rings. The van der Waals surface area contributed by atoms with Crippen LogP contribution < -0.4 is 16.0 Å². The summed E-state index contributed by atoms with van der Waals surface area (Å²) in [5, 5.41) is 14.8. The molecule has 3 N–H and O–H groups in total. The Kier molecular flexibility index (Phi) is 9.56. The molecule has 12 heteroatoms. The van der Waals surface area contributed by atoms with Gasteiger partial charge in [0.05, 0.1) is 18.1 Å². The van der Waals surface area contributed by atoms with Gasteiger partial charge in [0.15, 0.2) is 0 Å². The van der Waals surface area contributed by atoms with Crippen molar-refractivity contribution in [1.82, 2.24) is 14.9 Å². The number of hydrogen-bond donors (Lipinski definition) is 2. The first-order valence-electron chi connectivity index (χ1n) is 11.7. The first-order valence-corrected chi connectivity index (χ1v) is 11.7. The van der Waals surface area contributed by atoms with E-state index in [-0.39, 0.29) is 37.3 Å². The van der Waals surface area contributed by atoms with Crippen molar-refractivity contribution in [2.24, 2.45) is 0 Å². The van der Waals surface area contributed by atoms with Gasteiger partial charge in [-0.15, -0.1) is 0 Å². The summed E-state index contributed by atoms with van der Waals surface area (Å²) in [6.07, 6.45) is 2.40. The van der Waals surface area contributed by atoms with Crippen LogP contribution in [0, 0.1) is 10.1 Å². The highest BCUT2D eigenvalue weighted by molar-refractivity contribution is 5.79. The third kappa shape index (κ3) is 7.49. The van der Waals surface area contributed by atoms with Gasteiger partial charge in [0.1, 0.15) is 6.54 Å². The van der Waals surface area contributed by atoms with Crippen molar-refractivity contribution in [1.29, 1.82) is 0 Å². The molecule has 0 amide bonds. The fourth-order valence-electron chi connectivity index (χ4n) is 4.01. The number of nitrogens with one attached hydrogen (secondary N) is 1. The molecule has 0 unspecified atom stereocenters. The van der Waals surface area contributed by atoms with Crippen molar-refractivity contribution >= 4 is 29.2 Å². The average Bonchev–Trinajstić information content (AvgIpc) is 3.31. The quantitative estimate of drug-likeness (QED) is 0.185. The van der Waals surface area contributed by atoms with E-state index in [0.717, 1.165) is 30.8 Å². The Hall–Kier alpha value is -3.51. The van der Waals surface area contributed by atoms with Crippen LogP contribution in [0.25, 0.3) is 0 Å². The molecule has 1 aromatic heterocycles. The summed E-state index contributed by atoms with van der Waals surface area (Å²) in [6.45, 7) is 5.59. The van der Waals surface area contributed by atoms with Gasteiger partial charge in [0.25, 0.3) is 0 Å². The largest absolute Gasteiger partial charge is 0.465 e. The van der Waals surface area contributed by atoms with Gasteiger partial charge < -0.3 is 25.4 Å². The summed E-state index contributed by atoms with van der Waals surface area (Å²) in [5.74, 6) is -0.769. The van der Waals surface area contributed by atoms with Gasteiger partial charge in [-0.05, 0) is 44.0 Å². The molecule has 3 rings (SSSR count). The van der Waals surface area contributed by atoms with Gasteiger partial charge in [-0.1, -0.05) is 24.3 Å². The number of nitrogen functional groups attached to an aromatic ring is 1. The van der Waals surface area contributed by atoms with Crippen molar-refractivity contribution in [2.75, 3.05) is 62.5 Å². The molecule has 0 radical (unpaired) electrons. The second-order valence-electron chi connectivity index (χ2n) is 8.25. The number of nitrogens with two attached hydrogens (primary N) is 1. The van der Waals surface area contributed by atoms with E-state index < -0.39 is 16.6 Å². The van der Waals surface area contributed by atoms with E-state index in [4.69, 9.17) is 15.2 Å². The summed E-state index contributed by atoms with van der Waals surface area (Å²) in [4.78, 5) is 35.9. The number of anilines is 3. The fourth-order valence-corrected chi connectivity index (χ4v) is 4.01. The molecule has 0 spiro atoms. The van der Waals surface area contributed by atoms with Gasteiger partial charge in [-0.3, -0.25) is 19.8 Å². The predicted octanol–water partition coefficient (Wildman–Crippen LogP) is 2.19. The molecule has 1 aromatic carbocycles. The van der Waals surface area contributed by atoms with Crippen molar-refractivity contribution in [2.45, 2.75) is 32.9 Å².